The lowest BCUT2D eigenvalue weighted by molar-refractivity contribution is -0.159. The van der Waals surface area contributed by atoms with E-state index in [4.69, 9.17) is 14.6 Å². The zero-order chi connectivity index (χ0) is 12.4. The van der Waals surface area contributed by atoms with Gasteiger partial charge in [0.1, 0.15) is 0 Å². The molecule has 0 saturated carbocycles. The van der Waals surface area contributed by atoms with Gasteiger partial charge in [-0.1, -0.05) is 24.3 Å². The third-order valence-corrected chi connectivity index (χ3v) is 3.73. The fraction of sp³-hybridized carbons (Fsp3) is 0.467. The second-order valence-corrected chi connectivity index (χ2v) is 4.90. The Labute approximate surface area is 107 Å². The van der Waals surface area contributed by atoms with Crippen LogP contribution >= 0.6 is 0 Å². The van der Waals surface area contributed by atoms with Gasteiger partial charge in [0.15, 0.2) is 5.79 Å². The molecule has 2 aliphatic rings. The number of hydrogen-bond acceptors (Lipinski definition) is 3. The third-order valence-electron chi connectivity index (χ3n) is 3.73. The minimum atomic E-state index is -0.349. The summed E-state index contributed by atoms with van der Waals surface area (Å²) >= 11 is 0. The highest BCUT2D eigenvalue weighted by molar-refractivity contribution is 5.67. The molecule has 1 saturated heterocycles. The lowest BCUT2D eigenvalue weighted by Crippen LogP contribution is -2.31. The van der Waals surface area contributed by atoms with Gasteiger partial charge in [-0.3, -0.25) is 0 Å². The summed E-state index contributed by atoms with van der Waals surface area (Å²) in [4.78, 5) is 0. The molecule has 0 unspecified atom stereocenters. The molecule has 1 N–H and O–H groups in total. The number of rotatable bonds is 2. The highest BCUT2D eigenvalue weighted by Crippen LogP contribution is 2.38. The van der Waals surface area contributed by atoms with E-state index >= 15 is 0 Å². The van der Waals surface area contributed by atoms with Gasteiger partial charge < -0.3 is 14.6 Å². The first kappa shape index (κ1) is 11.9. The molecule has 3 rings (SSSR count). The standard InChI is InChI=1S/C15H18O3/c16-11-12-2-1-3-14(10-12)13-4-6-15(7-5-13)17-8-9-18-15/h1-4,10,16H,5-9,11H2. The summed E-state index contributed by atoms with van der Waals surface area (Å²) in [5.74, 6) is -0.349. The molecule has 1 aliphatic heterocycles. The van der Waals surface area contributed by atoms with Gasteiger partial charge in [-0.25, -0.2) is 0 Å². The molecule has 1 spiro atoms. The molecule has 1 aromatic carbocycles. The third kappa shape index (κ3) is 2.21. The largest absolute Gasteiger partial charge is 0.392 e. The Morgan fingerprint density at radius 1 is 1.22 bits per heavy atom. The van der Waals surface area contributed by atoms with E-state index in [9.17, 15) is 0 Å². The van der Waals surface area contributed by atoms with Gasteiger partial charge in [0.25, 0.3) is 0 Å². The maximum atomic E-state index is 9.17. The fourth-order valence-corrected chi connectivity index (χ4v) is 2.70. The molecule has 1 aromatic rings. The molecule has 0 radical (unpaired) electrons. The van der Waals surface area contributed by atoms with Crippen LogP contribution in [0.3, 0.4) is 0 Å². The summed E-state index contributed by atoms with van der Waals surface area (Å²) in [5.41, 5.74) is 3.49. The molecule has 1 fully saturated rings. The Bertz CT molecular complexity index is 459. The van der Waals surface area contributed by atoms with Gasteiger partial charge in [0.05, 0.1) is 19.8 Å². The van der Waals surface area contributed by atoms with Gasteiger partial charge >= 0.3 is 0 Å². The van der Waals surface area contributed by atoms with Crippen LogP contribution in [0.4, 0.5) is 0 Å². The summed E-state index contributed by atoms with van der Waals surface area (Å²) in [5, 5.41) is 9.17. The van der Waals surface area contributed by atoms with Gasteiger partial charge in [-0.2, -0.15) is 0 Å². The zero-order valence-electron chi connectivity index (χ0n) is 10.4. The molecule has 0 amide bonds. The Morgan fingerprint density at radius 3 is 2.72 bits per heavy atom. The summed E-state index contributed by atoms with van der Waals surface area (Å²) in [6.07, 6.45) is 4.92. The van der Waals surface area contributed by atoms with Crippen molar-refractivity contribution < 1.29 is 14.6 Å². The van der Waals surface area contributed by atoms with E-state index in [2.05, 4.69) is 18.2 Å². The molecule has 3 nitrogen and oxygen atoms in total. The highest BCUT2D eigenvalue weighted by atomic mass is 16.7. The number of hydrogen-bond donors (Lipinski definition) is 1. The molecule has 0 aromatic heterocycles. The topological polar surface area (TPSA) is 38.7 Å². The van der Waals surface area contributed by atoms with Crippen molar-refractivity contribution in [2.45, 2.75) is 31.7 Å². The monoisotopic (exact) mass is 246 g/mol. The van der Waals surface area contributed by atoms with E-state index in [0.29, 0.717) is 13.2 Å². The molecule has 1 aliphatic carbocycles. The quantitative estimate of drug-likeness (QED) is 0.871. The van der Waals surface area contributed by atoms with Crippen LogP contribution in [0.1, 0.15) is 30.4 Å². The number of ether oxygens (including phenoxy) is 2. The Morgan fingerprint density at radius 2 is 2.06 bits per heavy atom. The molecule has 0 atom stereocenters. The van der Waals surface area contributed by atoms with Crippen molar-refractivity contribution in [2.75, 3.05) is 13.2 Å². The van der Waals surface area contributed by atoms with E-state index < -0.39 is 0 Å². The molecule has 3 heteroatoms. The molecular formula is C15H18O3. The van der Waals surface area contributed by atoms with Crippen molar-refractivity contribution in [3.8, 4) is 0 Å². The minimum Gasteiger partial charge on any atom is -0.392 e. The SMILES string of the molecule is OCc1cccc(C2=CCC3(CC2)OCCO3)c1. The predicted octanol–water partition coefficient (Wildman–Crippen LogP) is 2.49. The van der Waals surface area contributed by atoms with Gasteiger partial charge in [-0.05, 0) is 29.2 Å². The fourth-order valence-electron chi connectivity index (χ4n) is 2.70. The zero-order valence-corrected chi connectivity index (χ0v) is 10.4. The van der Waals surface area contributed by atoms with Crippen molar-refractivity contribution in [2.24, 2.45) is 0 Å². The minimum absolute atomic E-state index is 0.0945. The van der Waals surface area contributed by atoms with E-state index in [1.165, 1.54) is 11.1 Å². The van der Waals surface area contributed by atoms with Crippen LogP contribution in [0, 0.1) is 0 Å². The molecular weight excluding hydrogens is 228 g/mol. The predicted molar refractivity (Wildman–Crippen MR) is 68.8 cm³/mol. The van der Waals surface area contributed by atoms with Crippen LogP contribution in [-0.4, -0.2) is 24.1 Å². The van der Waals surface area contributed by atoms with Gasteiger partial charge in [0.2, 0.25) is 0 Å². The average Bonchev–Trinajstić information content (AvgIpc) is 2.88. The van der Waals surface area contributed by atoms with Crippen molar-refractivity contribution in [1.29, 1.82) is 0 Å². The van der Waals surface area contributed by atoms with Crippen LogP contribution in [0.2, 0.25) is 0 Å². The number of aliphatic hydroxyl groups excluding tert-OH is 1. The van der Waals surface area contributed by atoms with Crippen LogP contribution in [0.25, 0.3) is 5.57 Å². The second kappa shape index (κ2) is 4.84. The molecule has 96 valence electrons. The molecule has 0 bridgehead atoms. The lowest BCUT2D eigenvalue weighted by atomic mass is 9.89. The van der Waals surface area contributed by atoms with E-state index in [0.717, 1.165) is 24.8 Å². The van der Waals surface area contributed by atoms with Crippen molar-refractivity contribution >= 4 is 5.57 Å². The Balaban J connectivity index is 1.79. The van der Waals surface area contributed by atoms with Crippen molar-refractivity contribution in [3.63, 3.8) is 0 Å². The highest BCUT2D eigenvalue weighted by Gasteiger charge is 2.37. The van der Waals surface area contributed by atoms with Crippen LogP contribution in [0.15, 0.2) is 30.3 Å². The normalized spacial score (nSPS) is 22.2. The average molecular weight is 246 g/mol. The van der Waals surface area contributed by atoms with Crippen molar-refractivity contribution in [1.82, 2.24) is 0 Å². The lowest BCUT2D eigenvalue weighted by Gasteiger charge is -2.30. The number of benzene rings is 1. The van der Waals surface area contributed by atoms with E-state index in [-0.39, 0.29) is 12.4 Å². The van der Waals surface area contributed by atoms with Crippen molar-refractivity contribution in [3.05, 3.63) is 41.5 Å². The maximum absolute atomic E-state index is 9.17. The van der Waals surface area contributed by atoms with Crippen LogP contribution in [0.5, 0.6) is 0 Å². The number of allylic oxidation sites excluding steroid dienone is 1. The molecule has 1 heterocycles. The van der Waals surface area contributed by atoms with Gasteiger partial charge in [0, 0.05) is 12.8 Å². The maximum Gasteiger partial charge on any atom is 0.172 e. The number of aliphatic hydroxyl groups is 1. The summed E-state index contributed by atoms with van der Waals surface area (Å²) in [6.45, 7) is 1.52. The van der Waals surface area contributed by atoms with E-state index in [1.54, 1.807) is 0 Å². The second-order valence-electron chi connectivity index (χ2n) is 4.90. The Hall–Kier alpha value is -1.16. The first-order valence-electron chi connectivity index (χ1n) is 6.48. The Kier molecular flexibility index (Phi) is 3.20. The summed E-state index contributed by atoms with van der Waals surface area (Å²) in [7, 11) is 0. The molecule has 18 heavy (non-hydrogen) atoms. The van der Waals surface area contributed by atoms with Crippen LogP contribution in [-0.2, 0) is 16.1 Å². The summed E-state index contributed by atoms with van der Waals surface area (Å²) < 4.78 is 11.4. The van der Waals surface area contributed by atoms with E-state index in [1.807, 2.05) is 12.1 Å². The van der Waals surface area contributed by atoms with Crippen LogP contribution < -0.4 is 0 Å². The summed E-state index contributed by atoms with van der Waals surface area (Å²) in [6, 6.07) is 8.09. The first-order valence-corrected chi connectivity index (χ1v) is 6.48. The van der Waals surface area contributed by atoms with Gasteiger partial charge in [-0.15, -0.1) is 0 Å². The first-order chi connectivity index (χ1) is 8.81. The smallest absolute Gasteiger partial charge is 0.172 e.